The van der Waals surface area contributed by atoms with Crippen molar-refractivity contribution in [1.29, 1.82) is 0 Å². The van der Waals surface area contributed by atoms with Crippen molar-refractivity contribution in [2.45, 2.75) is 19.0 Å². The molecule has 0 amide bonds. The van der Waals surface area contributed by atoms with E-state index in [4.69, 9.17) is 21.4 Å². The fraction of sp³-hybridized carbons (Fsp3) is 0.0968. The molecule has 0 unspecified atom stereocenters. The van der Waals surface area contributed by atoms with E-state index in [2.05, 4.69) is 10.3 Å². The highest BCUT2D eigenvalue weighted by molar-refractivity contribution is 7.80. The van der Waals surface area contributed by atoms with E-state index in [0.29, 0.717) is 27.9 Å². The molecule has 198 valence electrons. The molecule has 6 rings (SSSR count). The number of nitrogens with one attached hydrogen (secondary N) is 1. The summed E-state index contributed by atoms with van der Waals surface area (Å²) in [6.45, 7) is 2.01. The third-order valence-corrected chi connectivity index (χ3v) is 7.11. The number of hydrogen-bond donors (Lipinski definition) is 1. The largest absolute Gasteiger partial charge is 0.459 e. The maximum atomic E-state index is 11.3. The molecule has 9 heteroatoms. The van der Waals surface area contributed by atoms with Gasteiger partial charge in [-0.25, -0.2) is 0 Å². The van der Waals surface area contributed by atoms with Gasteiger partial charge in [0.15, 0.2) is 5.11 Å². The van der Waals surface area contributed by atoms with Gasteiger partial charge in [-0.15, -0.1) is 0 Å². The van der Waals surface area contributed by atoms with Crippen molar-refractivity contribution in [3.8, 4) is 22.8 Å². The number of rotatable bonds is 7. The maximum Gasteiger partial charge on any atom is 0.270 e. The summed E-state index contributed by atoms with van der Waals surface area (Å²) >= 11 is 5.82. The highest BCUT2D eigenvalue weighted by Crippen LogP contribution is 2.43. The fourth-order valence-corrected chi connectivity index (χ4v) is 5.18. The van der Waals surface area contributed by atoms with Gasteiger partial charge in [0, 0.05) is 29.6 Å². The second-order valence-corrected chi connectivity index (χ2v) is 9.75. The van der Waals surface area contributed by atoms with Crippen LogP contribution in [-0.4, -0.2) is 15.0 Å². The van der Waals surface area contributed by atoms with Crippen LogP contribution in [-0.2, 0) is 0 Å². The topological polar surface area (TPSA) is 93.7 Å². The van der Waals surface area contributed by atoms with Crippen LogP contribution in [0.3, 0.4) is 0 Å². The zero-order valence-electron chi connectivity index (χ0n) is 21.4. The number of pyridine rings is 1. The van der Waals surface area contributed by atoms with Gasteiger partial charge < -0.3 is 19.4 Å². The molecule has 0 spiro atoms. The first kappa shape index (κ1) is 25.3. The molecule has 0 radical (unpaired) electrons. The van der Waals surface area contributed by atoms with E-state index in [-0.39, 0.29) is 17.8 Å². The van der Waals surface area contributed by atoms with Gasteiger partial charge in [0.25, 0.3) is 5.69 Å². The van der Waals surface area contributed by atoms with E-state index in [1.165, 1.54) is 12.1 Å². The lowest BCUT2D eigenvalue weighted by Gasteiger charge is -2.26. The van der Waals surface area contributed by atoms with Crippen molar-refractivity contribution < 1.29 is 14.1 Å². The Hall–Kier alpha value is -5.02. The predicted molar refractivity (Wildman–Crippen MR) is 156 cm³/mol. The van der Waals surface area contributed by atoms with Gasteiger partial charge >= 0.3 is 0 Å². The summed E-state index contributed by atoms with van der Waals surface area (Å²) in [6.07, 6.45) is 1.74. The van der Waals surface area contributed by atoms with Gasteiger partial charge in [-0.05, 0) is 79.3 Å². The molecule has 1 aliphatic heterocycles. The van der Waals surface area contributed by atoms with Crippen LogP contribution in [0.25, 0.3) is 11.3 Å². The number of aryl methyl sites for hydroxylation is 1. The first-order valence-corrected chi connectivity index (χ1v) is 13.1. The minimum atomic E-state index is -0.419. The predicted octanol–water partition coefficient (Wildman–Crippen LogP) is 7.53. The van der Waals surface area contributed by atoms with E-state index in [1.807, 2.05) is 90.7 Å². The zero-order chi connectivity index (χ0) is 27.6. The number of ether oxygens (including phenoxy) is 1. The molecule has 0 saturated carbocycles. The van der Waals surface area contributed by atoms with Gasteiger partial charge in [-0.2, -0.15) is 0 Å². The van der Waals surface area contributed by atoms with Crippen LogP contribution in [0.5, 0.6) is 11.5 Å². The standard InChI is InChI=1S/C31H24N4O4S/c1-20-7-2-3-11-26(20)38-24-14-12-22(13-15-24)34-30(29(33-31(34)40)25-10-4-5-18-32-25)28-17-16-27(39-28)21-8-6-9-23(19-21)35(36)37/h2-19,29-30H,1H3,(H,33,40)/t29-,30-/m1/s1. The summed E-state index contributed by atoms with van der Waals surface area (Å²) in [6, 6.07) is 30.8. The summed E-state index contributed by atoms with van der Waals surface area (Å²) in [4.78, 5) is 17.5. The smallest absolute Gasteiger partial charge is 0.270 e. The fourth-order valence-electron chi connectivity index (χ4n) is 4.83. The SMILES string of the molecule is Cc1ccccc1Oc1ccc(N2C(=S)N[C@H](c3ccccn3)[C@H]2c2ccc(-c3cccc([N+](=O)[O-])c3)o2)cc1. The van der Waals surface area contributed by atoms with Crippen LogP contribution in [0.2, 0.25) is 0 Å². The van der Waals surface area contributed by atoms with Gasteiger partial charge in [0.2, 0.25) is 0 Å². The van der Waals surface area contributed by atoms with Gasteiger partial charge in [0.1, 0.15) is 29.1 Å². The minimum absolute atomic E-state index is 0.000143. The van der Waals surface area contributed by atoms with E-state index < -0.39 is 4.92 Å². The van der Waals surface area contributed by atoms with E-state index >= 15 is 0 Å². The first-order valence-electron chi connectivity index (χ1n) is 12.7. The van der Waals surface area contributed by atoms with Crippen molar-refractivity contribution in [2.24, 2.45) is 0 Å². The van der Waals surface area contributed by atoms with Crippen LogP contribution < -0.4 is 15.0 Å². The lowest BCUT2D eigenvalue weighted by atomic mass is 10.0. The third kappa shape index (κ3) is 4.90. The summed E-state index contributed by atoms with van der Waals surface area (Å²) in [7, 11) is 0. The second kappa shape index (κ2) is 10.6. The third-order valence-electron chi connectivity index (χ3n) is 6.79. The Labute approximate surface area is 236 Å². The van der Waals surface area contributed by atoms with E-state index in [1.54, 1.807) is 18.3 Å². The second-order valence-electron chi connectivity index (χ2n) is 9.37. The highest BCUT2D eigenvalue weighted by Gasteiger charge is 2.42. The quantitative estimate of drug-likeness (QED) is 0.127. The van der Waals surface area contributed by atoms with Crippen molar-refractivity contribution in [3.05, 3.63) is 136 Å². The van der Waals surface area contributed by atoms with E-state index in [9.17, 15) is 10.1 Å². The molecule has 1 aliphatic rings. The number of nitrogens with zero attached hydrogens (tertiary/aromatic N) is 3. The molecule has 5 aromatic rings. The summed E-state index contributed by atoms with van der Waals surface area (Å²) in [5.74, 6) is 2.67. The minimum Gasteiger partial charge on any atom is -0.459 e. The summed E-state index contributed by atoms with van der Waals surface area (Å²) in [5.41, 5.74) is 3.33. The molecule has 1 fully saturated rings. The molecule has 40 heavy (non-hydrogen) atoms. The Kier molecular flexibility index (Phi) is 6.71. The van der Waals surface area contributed by atoms with Crippen molar-refractivity contribution in [2.75, 3.05) is 4.90 Å². The summed E-state index contributed by atoms with van der Waals surface area (Å²) < 4.78 is 12.4. The van der Waals surface area contributed by atoms with Crippen molar-refractivity contribution >= 4 is 28.7 Å². The average Bonchev–Trinajstić information content (AvgIpc) is 3.60. The zero-order valence-corrected chi connectivity index (χ0v) is 22.2. The highest BCUT2D eigenvalue weighted by atomic mass is 32.1. The van der Waals surface area contributed by atoms with Crippen molar-refractivity contribution in [1.82, 2.24) is 10.3 Å². The number of nitro groups is 1. The number of nitro benzene ring substituents is 1. The molecule has 1 N–H and O–H groups in total. The Morgan fingerprint density at radius 3 is 2.52 bits per heavy atom. The first-order chi connectivity index (χ1) is 19.5. The average molecular weight is 549 g/mol. The number of para-hydroxylation sites is 1. The molecule has 2 aromatic heterocycles. The van der Waals surface area contributed by atoms with Crippen LogP contribution in [0, 0.1) is 17.0 Å². The molecule has 3 heterocycles. The number of non-ortho nitro benzene ring substituents is 1. The molecular weight excluding hydrogens is 524 g/mol. The number of aromatic nitrogens is 1. The lowest BCUT2D eigenvalue weighted by molar-refractivity contribution is -0.384. The number of hydrogen-bond acceptors (Lipinski definition) is 6. The van der Waals surface area contributed by atoms with Crippen LogP contribution >= 0.6 is 12.2 Å². The molecule has 3 aromatic carbocycles. The Morgan fingerprint density at radius 1 is 0.975 bits per heavy atom. The molecule has 0 aliphatic carbocycles. The van der Waals surface area contributed by atoms with Crippen molar-refractivity contribution in [3.63, 3.8) is 0 Å². The summed E-state index contributed by atoms with van der Waals surface area (Å²) in [5, 5.41) is 15.3. The molecule has 0 bridgehead atoms. The van der Waals surface area contributed by atoms with Crippen LogP contribution in [0.1, 0.15) is 29.1 Å². The monoisotopic (exact) mass is 548 g/mol. The Bertz CT molecular complexity index is 1690. The molecular formula is C31H24N4O4S. The normalized spacial score (nSPS) is 16.5. The number of thiocarbonyl (C=S) groups is 1. The number of anilines is 1. The number of furan rings is 1. The lowest BCUT2D eigenvalue weighted by Crippen LogP contribution is -2.29. The molecule has 2 atom stereocenters. The van der Waals surface area contributed by atoms with Crippen LogP contribution in [0.4, 0.5) is 11.4 Å². The van der Waals surface area contributed by atoms with Gasteiger partial charge in [0.05, 0.1) is 16.7 Å². The molecule has 8 nitrogen and oxygen atoms in total. The van der Waals surface area contributed by atoms with E-state index in [0.717, 1.165) is 22.7 Å². The Balaban J connectivity index is 1.36. The van der Waals surface area contributed by atoms with Gasteiger partial charge in [-0.1, -0.05) is 36.4 Å². The van der Waals surface area contributed by atoms with Gasteiger partial charge in [-0.3, -0.25) is 15.1 Å². The maximum absolute atomic E-state index is 11.3. The Morgan fingerprint density at radius 2 is 1.77 bits per heavy atom. The van der Waals surface area contributed by atoms with Crippen LogP contribution in [0.15, 0.2) is 114 Å². The molecule has 1 saturated heterocycles. The number of benzene rings is 3.